The lowest BCUT2D eigenvalue weighted by atomic mass is 10.0. The summed E-state index contributed by atoms with van der Waals surface area (Å²) in [6.45, 7) is 7.60. The van der Waals surface area contributed by atoms with Gasteiger partial charge in [-0.25, -0.2) is 0 Å². The molecule has 2 aliphatic heterocycles. The SMILES string of the molecule is Cc1ccc(NC2CCCN(C(=O)c3n[nH]c4c3CN(C)CC4)C2)cc1C. The minimum Gasteiger partial charge on any atom is -0.381 e. The quantitative estimate of drug-likeness (QED) is 0.876. The number of hydrogen-bond donors (Lipinski definition) is 2. The van der Waals surface area contributed by atoms with Crippen molar-refractivity contribution in [2.45, 2.75) is 45.7 Å². The van der Waals surface area contributed by atoms with E-state index in [0.717, 1.165) is 62.4 Å². The van der Waals surface area contributed by atoms with Gasteiger partial charge in [0.05, 0.1) is 0 Å². The Morgan fingerprint density at radius 3 is 2.93 bits per heavy atom. The van der Waals surface area contributed by atoms with E-state index in [1.165, 1.54) is 11.1 Å². The van der Waals surface area contributed by atoms with E-state index in [9.17, 15) is 4.79 Å². The molecule has 0 bridgehead atoms. The number of rotatable bonds is 3. The van der Waals surface area contributed by atoms with E-state index in [-0.39, 0.29) is 11.9 Å². The molecule has 0 aliphatic carbocycles. The number of carbonyl (C=O) groups excluding carboxylic acids is 1. The molecule has 1 atom stereocenters. The molecule has 3 heterocycles. The smallest absolute Gasteiger partial charge is 0.274 e. The van der Waals surface area contributed by atoms with E-state index < -0.39 is 0 Å². The summed E-state index contributed by atoms with van der Waals surface area (Å²) in [5.74, 6) is 0.0642. The summed E-state index contributed by atoms with van der Waals surface area (Å²) >= 11 is 0. The number of aromatic nitrogens is 2. The van der Waals surface area contributed by atoms with E-state index in [1.54, 1.807) is 0 Å². The summed E-state index contributed by atoms with van der Waals surface area (Å²) in [5, 5.41) is 11.1. The van der Waals surface area contributed by atoms with Crippen molar-refractivity contribution in [3.63, 3.8) is 0 Å². The zero-order valence-electron chi connectivity index (χ0n) is 16.5. The number of hydrogen-bond acceptors (Lipinski definition) is 4. The number of nitrogens with zero attached hydrogens (tertiary/aromatic N) is 3. The van der Waals surface area contributed by atoms with Gasteiger partial charge >= 0.3 is 0 Å². The first-order valence-corrected chi connectivity index (χ1v) is 9.89. The topological polar surface area (TPSA) is 64.3 Å². The number of aryl methyl sites for hydroxylation is 2. The number of fused-ring (bicyclic) bond motifs is 1. The molecule has 6 heteroatoms. The molecular formula is C21H29N5O. The Labute approximate surface area is 160 Å². The molecule has 0 radical (unpaired) electrons. The molecule has 2 aliphatic rings. The lowest BCUT2D eigenvalue weighted by Crippen LogP contribution is -2.45. The van der Waals surface area contributed by atoms with Crippen LogP contribution in [0.25, 0.3) is 0 Å². The van der Waals surface area contributed by atoms with E-state index >= 15 is 0 Å². The summed E-state index contributed by atoms with van der Waals surface area (Å²) in [6.07, 6.45) is 3.03. The van der Waals surface area contributed by atoms with Crippen molar-refractivity contribution in [2.24, 2.45) is 0 Å². The molecule has 1 fully saturated rings. The highest BCUT2D eigenvalue weighted by Gasteiger charge is 2.30. The van der Waals surface area contributed by atoms with Gasteiger partial charge in [-0.1, -0.05) is 6.07 Å². The van der Waals surface area contributed by atoms with E-state index in [0.29, 0.717) is 5.69 Å². The maximum absolute atomic E-state index is 13.1. The molecule has 1 aromatic heterocycles. The van der Waals surface area contributed by atoms with Crippen LogP contribution in [0.5, 0.6) is 0 Å². The van der Waals surface area contributed by atoms with Crippen LogP contribution in [0, 0.1) is 13.8 Å². The molecule has 144 valence electrons. The van der Waals surface area contributed by atoms with Crippen LogP contribution in [0.15, 0.2) is 18.2 Å². The number of piperidine rings is 1. The molecular weight excluding hydrogens is 338 g/mol. The van der Waals surface area contributed by atoms with Crippen molar-refractivity contribution in [1.82, 2.24) is 20.0 Å². The van der Waals surface area contributed by atoms with Crippen LogP contribution in [0.4, 0.5) is 5.69 Å². The molecule has 2 aromatic rings. The second-order valence-corrected chi connectivity index (χ2v) is 8.05. The van der Waals surface area contributed by atoms with Gasteiger partial charge in [-0.05, 0) is 57.0 Å². The monoisotopic (exact) mass is 367 g/mol. The number of likely N-dealkylation sites (N-methyl/N-ethyl adjacent to an activating group) is 1. The fourth-order valence-electron chi connectivity index (χ4n) is 4.10. The average molecular weight is 367 g/mol. The average Bonchev–Trinajstić information content (AvgIpc) is 3.07. The van der Waals surface area contributed by atoms with Crippen LogP contribution in [-0.2, 0) is 13.0 Å². The van der Waals surface area contributed by atoms with E-state index in [4.69, 9.17) is 0 Å². The first kappa shape index (κ1) is 18.0. The molecule has 6 nitrogen and oxygen atoms in total. The van der Waals surface area contributed by atoms with Crippen molar-refractivity contribution in [1.29, 1.82) is 0 Å². The number of H-pyrrole nitrogens is 1. The van der Waals surface area contributed by atoms with Crippen LogP contribution in [0.2, 0.25) is 0 Å². The third kappa shape index (κ3) is 3.72. The lowest BCUT2D eigenvalue weighted by molar-refractivity contribution is 0.0706. The Morgan fingerprint density at radius 1 is 1.26 bits per heavy atom. The summed E-state index contributed by atoms with van der Waals surface area (Å²) in [4.78, 5) is 17.3. The minimum absolute atomic E-state index is 0.0642. The van der Waals surface area contributed by atoms with Gasteiger partial charge < -0.3 is 15.1 Å². The molecule has 1 amide bonds. The van der Waals surface area contributed by atoms with Crippen molar-refractivity contribution < 1.29 is 4.79 Å². The lowest BCUT2D eigenvalue weighted by Gasteiger charge is -2.34. The van der Waals surface area contributed by atoms with Gasteiger partial charge in [0, 0.05) is 55.6 Å². The number of nitrogens with one attached hydrogen (secondary N) is 2. The Bertz CT molecular complexity index is 843. The minimum atomic E-state index is 0.0642. The highest BCUT2D eigenvalue weighted by atomic mass is 16.2. The summed E-state index contributed by atoms with van der Waals surface area (Å²) in [6, 6.07) is 6.75. The predicted molar refractivity (Wildman–Crippen MR) is 107 cm³/mol. The largest absolute Gasteiger partial charge is 0.381 e. The van der Waals surface area contributed by atoms with Crippen LogP contribution in [0.3, 0.4) is 0 Å². The van der Waals surface area contributed by atoms with Gasteiger partial charge in [-0.3, -0.25) is 9.89 Å². The van der Waals surface area contributed by atoms with Crippen molar-refractivity contribution in [2.75, 3.05) is 32.0 Å². The van der Waals surface area contributed by atoms with Crippen LogP contribution in [-0.4, -0.2) is 58.6 Å². The van der Waals surface area contributed by atoms with Gasteiger partial charge in [-0.2, -0.15) is 5.10 Å². The van der Waals surface area contributed by atoms with Crippen LogP contribution in [0.1, 0.15) is 45.7 Å². The Morgan fingerprint density at radius 2 is 2.11 bits per heavy atom. The van der Waals surface area contributed by atoms with Gasteiger partial charge in [0.1, 0.15) is 0 Å². The zero-order valence-corrected chi connectivity index (χ0v) is 16.5. The van der Waals surface area contributed by atoms with Crippen molar-refractivity contribution >= 4 is 11.6 Å². The normalized spacial score (nSPS) is 20.4. The van der Waals surface area contributed by atoms with Crippen molar-refractivity contribution in [3.05, 3.63) is 46.3 Å². The van der Waals surface area contributed by atoms with Crippen molar-refractivity contribution in [3.8, 4) is 0 Å². The summed E-state index contributed by atoms with van der Waals surface area (Å²) < 4.78 is 0. The summed E-state index contributed by atoms with van der Waals surface area (Å²) in [7, 11) is 2.09. The van der Waals surface area contributed by atoms with E-state index in [1.807, 2.05) is 4.90 Å². The maximum Gasteiger partial charge on any atom is 0.274 e. The number of aromatic amines is 1. The Hall–Kier alpha value is -2.34. The molecule has 1 aromatic carbocycles. The van der Waals surface area contributed by atoms with Crippen LogP contribution < -0.4 is 5.32 Å². The Kier molecular flexibility index (Phi) is 4.91. The standard InChI is InChI=1S/C21H29N5O/c1-14-6-7-16(11-15(14)2)22-17-5-4-9-26(12-17)21(27)20-18-13-25(3)10-8-19(18)23-24-20/h6-7,11,17,22H,4-5,8-10,12-13H2,1-3H3,(H,23,24). The van der Waals surface area contributed by atoms with Gasteiger partial charge in [-0.15, -0.1) is 0 Å². The number of anilines is 1. The molecule has 1 saturated heterocycles. The molecule has 0 spiro atoms. The number of amides is 1. The third-order valence-corrected chi connectivity index (χ3v) is 5.91. The summed E-state index contributed by atoms with van der Waals surface area (Å²) in [5.41, 5.74) is 6.54. The van der Waals surface area contributed by atoms with Gasteiger partial charge in [0.2, 0.25) is 0 Å². The first-order valence-electron chi connectivity index (χ1n) is 9.89. The Balaban J connectivity index is 1.46. The molecule has 27 heavy (non-hydrogen) atoms. The molecule has 2 N–H and O–H groups in total. The van der Waals surface area contributed by atoms with Crippen LogP contribution >= 0.6 is 0 Å². The van der Waals surface area contributed by atoms with E-state index in [2.05, 4.69) is 59.5 Å². The predicted octanol–water partition coefficient (Wildman–Crippen LogP) is 2.73. The first-order chi connectivity index (χ1) is 13.0. The van der Waals surface area contributed by atoms with Gasteiger partial charge in [0.25, 0.3) is 5.91 Å². The number of likely N-dealkylation sites (tertiary alicyclic amines) is 1. The van der Waals surface area contributed by atoms with Gasteiger partial charge in [0.15, 0.2) is 5.69 Å². The molecule has 0 saturated carbocycles. The molecule has 1 unspecified atom stereocenters. The molecule has 4 rings (SSSR count). The fourth-order valence-corrected chi connectivity index (χ4v) is 4.10. The third-order valence-electron chi connectivity index (χ3n) is 5.91. The highest BCUT2D eigenvalue weighted by molar-refractivity contribution is 5.94. The maximum atomic E-state index is 13.1. The second kappa shape index (κ2) is 7.35. The second-order valence-electron chi connectivity index (χ2n) is 8.05. The highest BCUT2D eigenvalue weighted by Crippen LogP contribution is 2.23. The fraction of sp³-hybridized carbons (Fsp3) is 0.524. The number of carbonyl (C=O) groups is 1. The number of benzene rings is 1. The zero-order chi connectivity index (χ0) is 19.0.